The Morgan fingerprint density at radius 2 is 1.81 bits per heavy atom. The summed E-state index contributed by atoms with van der Waals surface area (Å²) >= 11 is 13.5. The maximum atomic E-state index is 10.9. The summed E-state index contributed by atoms with van der Waals surface area (Å²) in [6, 6.07) is 12.0. The number of aromatic carboxylic acids is 1. The number of hydrogen-bond donors (Lipinski definition) is 1. The first-order chi connectivity index (χ1) is 10.1. The van der Waals surface area contributed by atoms with Crippen molar-refractivity contribution in [3.63, 3.8) is 0 Å². The van der Waals surface area contributed by atoms with E-state index in [1.165, 1.54) is 11.8 Å². The van der Waals surface area contributed by atoms with Gasteiger partial charge in [-0.2, -0.15) is 0 Å². The highest BCUT2D eigenvalue weighted by Crippen LogP contribution is 2.32. The third-order valence-corrected chi connectivity index (χ3v) is 4.15. The van der Waals surface area contributed by atoms with Crippen molar-refractivity contribution in [3.8, 4) is 5.75 Å². The first-order valence-electron chi connectivity index (χ1n) is 6.11. The summed E-state index contributed by atoms with van der Waals surface area (Å²) < 4.78 is 5.57. The molecule has 0 aliphatic rings. The second-order valence-electron chi connectivity index (χ2n) is 4.08. The summed E-state index contributed by atoms with van der Waals surface area (Å²) in [6.45, 7) is 0.422. The van der Waals surface area contributed by atoms with Gasteiger partial charge < -0.3 is 9.84 Å². The highest BCUT2D eigenvalue weighted by Gasteiger charge is 2.07. The molecule has 2 aromatic rings. The molecule has 0 spiro atoms. The van der Waals surface area contributed by atoms with Crippen molar-refractivity contribution in [3.05, 3.63) is 58.1 Å². The predicted molar refractivity (Wildman–Crippen MR) is 86.1 cm³/mol. The zero-order chi connectivity index (χ0) is 15.2. The number of halogens is 2. The van der Waals surface area contributed by atoms with Gasteiger partial charge in [0.1, 0.15) is 0 Å². The lowest BCUT2D eigenvalue weighted by atomic mass is 10.2. The molecule has 1 N–H and O–H groups in total. The van der Waals surface area contributed by atoms with E-state index < -0.39 is 5.97 Å². The summed E-state index contributed by atoms with van der Waals surface area (Å²) in [5.74, 6) is 0.197. The number of para-hydroxylation sites is 1. The zero-order valence-electron chi connectivity index (χ0n) is 10.9. The molecule has 0 aliphatic carbocycles. The quantitative estimate of drug-likeness (QED) is 0.601. The molecule has 2 aromatic carbocycles. The Bertz CT molecular complexity index is 626. The summed E-state index contributed by atoms with van der Waals surface area (Å²) in [7, 11) is 0. The smallest absolute Gasteiger partial charge is 0.335 e. The predicted octanol–water partition coefficient (Wildman–Crippen LogP) is 4.86. The fourth-order valence-corrected chi connectivity index (χ4v) is 2.94. The lowest BCUT2D eigenvalue weighted by Gasteiger charge is -2.09. The van der Waals surface area contributed by atoms with Gasteiger partial charge in [-0.25, -0.2) is 4.79 Å². The van der Waals surface area contributed by atoms with Gasteiger partial charge in [0.25, 0.3) is 0 Å². The second kappa shape index (κ2) is 7.59. The highest BCUT2D eigenvalue weighted by molar-refractivity contribution is 7.99. The summed E-state index contributed by atoms with van der Waals surface area (Å²) in [5.41, 5.74) is 0.273. The van der Waals surface area contributed by atoms with Crippen molar-refractivity contribution in [2.45, 2.75) is 4.90 Å². The molecule has 2 rings (SSSR count). The zero-order valence-corrected chi connectivity index (χ0v) is 13.2. The number of carboxylic acids is 1. The minimum atomic E-state index is -0.934. The Morgan fingerprint density at radius 3 is 2.48 bits per heavy atom. The summed E-state index contributed by atoms with van der Waals surface area (Å²) in [4.78, 5) is 11.8. The number of carbonyl (C=O) groups is 1. The molecule has 0 unspecified atom stereocenters. The van der Waals surface area contributed by atoms with Crippen molar-refractivity contribution in [1.29, 1.82) is 0 Å². The van der Waals surface area contributed by atoms with E-state index in [1.54, 1.807) is 36.4 Å². The van der Waals surface area contributed by atoms with Crippen LogP contribution in [0.25, 0.3) is 0 Å². The Kier molecular flexibility index (Phi) is 5.79. The van der Waals surface area contributed by atoms with Crippen LogP contribution in [-0.2, 0) is 0 Å². The van der Waals surface area contributed by atoms with Crippen LogP contribution in [0.15, 0.2) is 47.4 Å². The summed E-state index contributed by atoms with van der Waals surface area (Å²) in [6.07, 6.45) is 0. The fraction of sp³-hybridized carbons (Fsp3) is 0.133. The van der Waals surface area contributed by atoms with Crippen molar-refractivity contribution >= 4 is 40.9 Å². The molecule has 110 valence electrons. The lowest BCUT2D eigenvalue weighted by Crippen LogP contribution is -2.01. The Hall–Kier alpha value is -1.36. The third-order valence-electron chi connectivity index (χ3n) is 2.60. The average molecular weight is 343 g/mol. The number of carboxylic acid groups (broad SMARTS) is 1. The number of ether oxygens (including phenoxy) is 1. The fourth-order valence-electron chi connectivity index (χ4n) is 1.64. The van der Waals surface area contributed by atoms with Gasteiger partial charge >= 0.3 is 5.97 Å². The van der Waals surface area contributed by atoms with Gasteiger partial charge in [0.15, 0.2) is 5.75 Å². The number of hydrogen-bond acceptors (Lipinski definition) is 3. The van der Waals surface area contributed by atoms with E-state index >= 15 is 0 Å². The molecule has 0 saturated heterocycles. The Labute approximate surface area is 136 Å². The molecule has 0 atom stereocenters. The average Bonchev–Trinajstić information content (AvgIpc) is 2.46. The van der Waals surface area contributed by atoms with Crippen molar-refractivity contribution in [2.75, 3.05) is 12.4 Å². The molecule has 0 amide bonds. The van der Waals surface area contributed by atoms with Crippen LogP contribution in [0, 0.1) is 0 Å². The van der Waals surface area contributed by atoms with E-state index in [0.717, 1.165) is 4.90 Å². The molecule has 6 heteroatoms. The van der Waals surface area contributed by atoms with Crippen LogP contribution < -0.4 is 4.74 Å². The first kappa shape index (κ1) is 16.0. The molecule has 21 heavy (non-hydrogen) atoms. The van der Waals surface area contributed by atoms with E-state index in [0.29, 0.717) is 28.2 Å². The van der Waals surface area contributed by atoms with E-state index in [2.05, 4.69) is 0 Å². The van der Waals surface area contributed by atoms with E-state index in [-0.39, 0.29) is 5.56 Å². The standard InChI is InChI=1S/C15H12Cl2O3S/c16-12-5-2-6-13(17)14(12)20-7-8-21-11-4-1-3-10(9-11)15(18)19/h1-6,9H,7-8H2,(H,18,19). The van der Waals surface area contributed by atoms with Crippen LogP contribution in [0.5, 0.6) is 5.75 Å². The SMILES string of the molecule is O=C(O)c1cccc(SCCOc2c(Cl)cccc2Cl)c1. The number of benzene rings is 2. The van der Waals surface area contributed by atoms with Crippen molar-refractivity contribution in [1.82, 2.24) is 0 Å². The molecule has 3 nitrogen and oxygen atoms in total. The molecule has 0 bridgehead atoms. The second-order valence-corrected chi connectivity index (χ2v) is 6.06. The lowest BCUT2D eigenvalue weighted by molar-refractivity contribution is 0.0696. The molecule has 0 aliphatic heterocycles. The van der Waals surface area contributed by atoms with E-state index in [4.69, 9.17) is 33.0 Å². The molecule has 0 radical (unpaired) electrons. The van der Waals surface area contributed by atoms with Gasteiger partial charge in [-0.15, -0.1) is 11.8 Å². The number of rotatable bonds is 6. The van der Waals surface area contributed by atoms with Gasteiger partial charge in [-0.1, -0.05) is 35.3 Å². The van der Waals surface area contributed by atoms with Gasteiger partial charge in [0.05, 0.1) is 22.2 Å². The van der Waals surface area contributed by atoms with E-state index in [1.807, 2.05) is 6.07 Å². The van der Waals surface area contributed by atoms with Crippen LogP contribution in [0.4, 0.5) is 0 Å². The minimum Gasteiger partial charge on any atom is -0.490 e. The summed E-state index contributed by atoms with van der Waals surface area (Å²) in [5, 5.41) is 9.87. The van der Waals surface area contributed by atoms with Crippen LogP contribution >= 0.6 is 35.0 Å². The minimum absolute atomic E-state index is 0.273. The molecular weight excluding hydrogens is 331 g/mol. The topological polar surface area (TPSA) is 46.5 Å². The third kappa shape index (κ3) is 4.56. The maximum Gasteiger partial charge on any atom is 0.335 e. The van der Waals surface area contributed by atoms with Gasteiger partial charge in [0.2, 0.25) is 0 Å². The Balaban J connectivity index is 1.88. The van der Waals surface area contributed by atoms with Crippen LogP contribution in [0.1, 0.15) is 10.4 Å². The highest BCUT2D eigenvalue weighted by atomic mass is 35.5. The molecular formula is C15H12Cl2O3S. The monoisotopic (exact) mass is 342 g/mol. The maximum absolute atomic E-state index is 10.9. The van der Waals surface area contributed by atoms with Crippen molar-refractivity contribution < 1.29 is 14.6 Å². The van der Waals surface area contributed by atoms with Gasteiger partial charge in [0, 0.05) is 10.6 Å². The van der Waals surface area contributed by atoms with E-state index in [9.17, 15) is 4.79 Å². The van der Waals surface area contributed by atoms with Crippen LogP contribution in [0.2, 0.25) is 10.0 Å². The molecule has 0 aromatic heterocycles. The number of thioether (sulfide) groups is 1. The molecule has 0 heterocycles. The first-order valence-corrected chi connectivity index (χ1v) is 7.85. The van der Waals surface area contributed by atoms with Crippen molar-refractivity contribution in [2.24, 2.45) is 0 Å². The van der Waals surface area contributed by atoms with Crippen LogP contribution in [0.3, 0.4) is 0 Å². The molecule has 0 fully saturated rings. The van der Waals surface area contributed by atoms with Gasteiger partial charge in [-0.3, -0.25) is 0 Å². The van der Waals surface area contributed by atoms with Gasteiger partial charge in [-0.05, 0) is 30.3 Å². The normalized spacial score (nSPS) is 10.4. The molecule has 0 saturated carbocycles. The Morgan fingerprint density at radius 1 is 1.14 bits per heavy atom. The largest absolute Gasteiger partial charge is 0.490 e. The van der Waals surface area contributed by atoms with Crippen LogP contribution in [-0.4, -0.2) is 23.4 Å².